The molecule has 110 valence electrons. The summed E-state index contributed by atoms with van der Waals surface area (Å²) in [4.78, 5) is 32.0. The zero-order chi connectivity index (χ0) is 15.2. The van der Waals surface area contributed by atoms with Crippen molar-refractivity contribution in [2.45, 2.75) is 26.4 Å². The number of nitrogens with one attached hydrogen (secondary N) is 1. The lowest BCUT2D eigenvalue weighted by atomic mass is 10.2. The predicted octanol–water partition coefficient (Wildman–Crippen LogP) is 1.70. The number of hydrogen-bond donors (Lipinski definition) is 1. The van der Waals surface area contributed by atoms with E-state index in [2.05, 4.69) is 15.3 Å². The molecular formula is C15H17N3O3. The molecule has 6 nitrogen and oxygen atoms in total. The van der Waals surface area contributed by atoms with Crippen LogP contribution in [0.15, 0.2) is 30.6 Å². The average molecular weight is 287 g/mol. The normalized spacial score (nSPS) is 11.9. The van der Waals surface area contributed by atoms with Gasteiger partial charge in [-0.3, -0.25) is 14.8 Å². The molecule has 1 aromatic carbocycles. The zero-order valence-electron chi connectivity index (χ0n) is 12.0. The minimum atomic E-state index is -0.832. The van der Waals surface area contributed by atoms with E-state index in [1.54, 1.807) is 37.5 Å². The highest BCUT2D eigenvalue weighted by Gasteiger charge is 2.18. The maximum atomic E-state index is 12.0. The fourth-order valence-electron chi connectivity index (χ4n) is 1.76. The first-order chi connectivity index (χ1) is 10.1. The van der Waals surface area contributed by atoms with Crippen molar-refractivity contribution in [3.05, 3.63) is 36.2 Å². The summed E-state index contributed by atoms with van der Waals surface area (Å²) < 4.78 is 5.15. The molecule has 21 heavy (non-hydrogen) atoms. The van der Waals surface area contributed by atoms with Crippen LogP contribution in [0.1, 0.15) is 30.6 Å². The van der Waals surface area contributed by atoms with E-state index in [0.29, 0.717) is 23.1 Å². The van der Waals surface area contributed by atoms with E-state index in [-0.39, 0.29) is 5.91 Å². The molecule has 0 saturated heterocycles. The first kappa shape index (κ1) is 14.9. The fraction of sp³-hybridized carbons (Fsp3) is 0.333. The summed E-state index contributed by atoms with van der Waals surface area (Å²) in [6, 6.07) is 4.90. The van der Waals surface area contributed by atoms with Crippen molar-refractivity contribution in [2.24, 2.45) is 0 Å². The Bertz CT molecular complexity index is 657. The van der Waals surface area contributed by atoms with Crippen molar-refractivity contribution < 1.29 is 14.3 Å². The van der Waals surface area contributed by atoms with Crippen LogP contribution in [-0.2, 0) is 9.53 Å². The van der Waals surface area contributed by atoms with Crippen LogP contribution >= 0.6 is 0 Å². The number of fused-ring (bicyclic) bond motifs is 1. The Morgan fingerprint density at radius 3 is 2.67 bits per heavy atom. The number of carbonyl (C=O) groups is 2. The topological polar surface area (TPSA) is 81.2 Å². The molecule has 1 atom stereocenters. The lowest BCUT2D eigenvalue weighted by molar-refractivity contribution is -0.129. The second kappa shape index (κ2) is 6.78. The molecule has 1 amide bonds. The van der Waals surface area contributed by atoms with Crippen molar-refractivity contribution in [1.29, 1.82) is 0 Å². The van der Waals surface area contributed by atoms with Gasteiger partial charge in [0.15, 0.2) is 6.10 Å². The van der Waals surface area contributed by atoms with Crippen LogP contribution < -0.4 is 5.32 Å². The molecule has 0 fully saturated rings. The Morgan fingerprint density at radius 2 is 1.95 bits per heavy atom. The molecule has 0 unspecified atom stereocenters. The van der Waals surface area contributed by atoms with Gasteiger partial charge in [-0.15, -0.1) is 0 Å². The molecule has 2 rings (SSSR count). The summed E-state index contributed by atoms with van der Waals surface area (Å²) in [5.74, 6) is -0.854. The Kier molecular flexibility index (Phi) is 4.81. The van der Waals surface area contributed by atoms with E-state index in [4.69, 9.17) is 4.74 Å². The molecule has 2 aromatic rings. The summed E-state index contributed by atoms with van der Waals surface area (Å²) in [7, 11) is 0. The van der Waals surface area contributed by atoms with Gasteiger partial charge in [-0.1, -0.05) is 6.92 Å². The van der Waals surface area contributed by atoms with Gasteiger partial charge in [0, 0.05) is 18.9 Å². The van der Waals surface area contributed by atoms with Crippen LogP contribution in [0.3, 0.4) is 0 Å². The van der Waals surface area contributed by atoms with Crippen LogP contribution in [-0.4, -0.2) is 34.5 Å². The first-order valence-corrected chi connectivity index (χ1v) is 6.81. The molecule has 1 N–H and O–H groups in total. The number of esters is 1. The molecule has 0 aliphatic heterocycles. The number of hydrogen-bond acceptors (Lipinski definition) is 5. The third-order valence-electron chi connectivity index (χ3n) is 2.91. The minimum Gasteiger partial charge on any atom is -0.449 e. The number of aromatic nitrogens is 2. The molecule has 0 spiro atoms. The zero-order valence-corrected chi connectivity index (χ0v) is 12.0. The number of carbonyl (C=O) groups excluding carboxylic acids is 2. The molecular weight excluding hydrogens is 270 g/mol. The molecule has 0 aliphatic carbocycles. The van der Waals surface area contributed by atoms with Crippen LogP contribution in [0, 0.1) is 0 Å². The summed E-state index contributed by atoms with van der Waals surface area (Å²) in [6.45, 7) is 4.06. The number of ether oxygens (including phenoxy) is 1. The fourth-order valence-corrected chi connectivity index (χ4v) is 1.76. The Balaban J connectivity index is 2.06. The van der Waals surface area contributed by atoms with Crippen molar-refractivity contribution in [2.75, 3.05) is 6.54 Å². The maximum Gasteiger partial charge on any atom is 0.338 e. The van der Waals surface area contributed by atoms with Crippen LogP contribution in [0.25, 0.3) is 11.0 Å². The molecule has 0 aliphatic rings. The molecule has 6 heteroatoms. The highest BCUT2D eigenvalue weighted by molar-refractivity contribution is 5.95. The summed E-state index contributed by atoms with van der Waals surface area (Å²) >= 11 is 0. The largest absolute Gasteiger partial charge is 0.449 e. The van der Waals surface area contributed by atoms with Crippen LogP contribution in [0.5, 0.6) is 0 Å². The highest BCUT2D eigenvalue weighted by atomic mass is 16.5. The van der Waals surface area contributed by atoms with Gasteiger partial charge >= 0.3 is 5.97 Å². The van der Waals surface area contributed by atoms with Crippen molar-refractivity contribution >= 4 is 22.9 Å². The molecule has 0 saturated carbocycles. The molecule has 0 radical (unpaired) electrons. The van der Waals surface area contributed by atoms with Crippen molar-refractivity contribution in [1.82, 2.24) is 15.3 Å². The average Bonchev–Trinajstić information content (AvgIpc) is 2.51. The van der Waals surface area contributed by atoms with E-state index >= 15 is 0 Å². The van der Waals surface area contributed by atoms with Gasteiger partial charge in [0.1, 0.15) is 0 Å². The van der Waals surface area contributed by atoms with Gasteiger partial charge < -0.3 is 10.1 Å². The van der Waals surface area contributed by atoms with E-state index in [1.807, 2.05) is 6.92 Å². The van der Waals surface area contributed by atoms with E-state index < -0.39 is 12.1 Å². The molecule has 1 aromatic heterocycles. The first-order valence-electron chi connectivity index (χ1n) is 6.81. The Morgan fingerprint density at radius 1 is 1.24 bits per heavy atom. The predicted molar refractivity (Wildman–Crippen MR) is 77.7 cm³/mol. The molecule has 0 bridgehead atoms. The van der Waals surface area contributed by atoms with E-state index in [0.717, 1.165) is 6.42 Å². The van der Waals surface area contributed by atoms with Gasteiger partial charge in [0.25, 0.3) is 5.91 Å². The van der Waals surface area contributed by atoms with Gasteiger partial charge in [0.2, 0.25) is 0 Å². The molecule has 1 heterocycles. The monoisotopic (exact) mass is 287 g/mol. The Hall–Kier alpha value is -2.50. The van der Waals surface area contributed by atoms with Gasteiger partial charge in [-0.05, 0) is 31.5 Å². The number of amides is 1. The summed E-state index contributed by atoms with van der Waals surface area (Å²) in [5.41, 5.74) is 1.65. The van der Waals surface area contributed by atoms with Gasteiger partial charge in [-0.25, -0.2) is 4.79 Å². The highest BCUT2D eigenvalue weighted by Crippen LogP contribution is 2.12. The quantitative estimate of drug-likeness (QED) is 0.846. The lowest BCUT2D eigenvalue weighted by Gasteiger charge is -2.13. The SMILES string of the molecule is CCCNC(=O)[C@@H](C)OC(=O)c1ccc2nccnc2c1. The van der Waals surface area contributed by atoms with E-state index in [9.17, 15) is 9.59 Å². The second-order valence-electron chi connectivity index (χ2n) is 4.60. The number of nitrogens with zero attached hydrogens (tertiary/aromatic N) is 2. The third kappa shape index (κ3) is 3.75. The van der Waals surface area contributed by atoms with E-state index in [1.165, 1.54) is 0 Å². The number of rotatable bonds is 5. The van der Waals surface area contributed by atoms with Gasteiger partial charge in [0.05, 0.1) is 16.6 Å². The van der Waals surface area contributed by atoms with Gasteiger partial charge in [-0.2, -0.15) is 0 Å². The standard InChI is InChI=1S/C15H17N3O3/c1-3-6-18-14(19)10(2)21-15(20)11-4-5-12-13(9-11)17-8-7-16-12/h4-5,7-10H,3,6H2,1-2H3,(H,18,19)/t10-/m1/s1. The van der Waals surface area contributed by atoms with Crippen LogP contribution in [0.4, 0.5) is 0 Å². The second-order valence-corrected chi connectivity index (χ2v) is 4.60. The maximum absolute atomic E-state index is 12.0. The van der Waals surface area contributed by atoms with Crippen molar-refractivity contribution in [3.8, 4) is 0 Å². The third-order valence-corrected chi connectivity index (χ3v) is 2.91. The minimum absolute atomic E-state index is 0.300. The summed E-state index contributed by atoms with van der Waals surface area (Å²) in [5, 5.41) is 2.68. The summed E-state index contributed by atoms with van der Waals surface area (Å²) in [6.07, 6.45) is 3.13. The smallest absolute Gasteiger partial charge is 0.338 e. The van der Waals surface area contributed by atoms with Crippen molar-refractivity contribution in [3.63, 3.8) is 0 Å². The van der Waals surface area contributed by atoms with Crippen LogP contribution in [0.2, 0.25) is 0 Å². The Labute approximate surface area is 122 Å². The number of benzene rings is 1. The lowest BCUT2D eigenvalue weighted by Crippen LogP contribution is -2.36.